The molecule has 8 heteroatoms. The molecule has 0 saturated heterocycles. The van der Waals surface area contributed by atoms with Gasteiger partial charge in [0.2, 0.25) is 0 Å². The minimum atomic E-state index is -3.41. The van der Waals surface area contributed by atoms with Gasteiger partial charge in [-0.3, -0.25) is 14.9 Å². The summed E-state index contributed by atoms with van der Waals surface area (Å²) in [6, 6.07) is 4.92. The van der Waals surface area contributed by atoms with E-state index in [0.29, 0.717) is 17.4 Å². The summed E-state index contributed by atoms with van der Waals surface area (Å²) < 4.78 is 22.7. The maximum absolute atomic E-state index is 12.2. The van der Waals surface area contributed by atoms with Gasteiger partial charge in [0.05, 0.1) is 5.56 Å². The van der Waals surface area contributed by atoms with Gasteiger partial charge in [-0.1, -0.05) is 12.1 Å². The quantitative estimate of drug-likeness (QED) is 0.867. The fourth-order valence-electron chi connectivity index (χ4n) is 1.69. The van der Waals surface area contributed by atoms with Crippen molar-refractivity contribution in [1.82, 2.24) is 4.98 Å². The first-order valence-electron chi connectivity index (χ1n) is 5.84. The number of nitrogens with zero attached hydrogens (tertiary/aromatic N) is 1. The molecule has 0 atom stereocenters. The smallest absolute Gasteiger partial charge is 0.258 e. The van der Waals surface area contributed by atoms with Crippen molar-refractivity contribution in [3.63, 3.8) is 0 Å². The average Bonchev–Trinajstić information content (AvgIpc) is 2.86. The van der Waals surface area contributed by atoms with Crippen LogP contribution in [0.2, 0.25) is 0 Å². The van der Waals surface area contributed by atoms with Crippen LogP contribution in [0.15, 0.2) is 28.6 Å². The van der Waals surface area contributed by atoms with E-state index in [1.807, 2.05) is 0 Å². The number of aryl methyl sites for hydroxylation is 1. The Morgan fingerprint density at radius 1 is 1.38 bits per heavy atom. The molecule has 0 spiro atoms. The molecule has 1 amide bonds. The van der Waals surface area contributed by atoms with Gasteiger partial charge in [0, 0.05) is 17.2 Å². The number of sulfone groups is 1. The topological polar surface area (TPSA) is 93.2 Å². The van der Waals surface area contributed by atoms with Crippen molar-refractivity contribution in [2.45, 2.75) is 11.9 Å². The minimum absolute atomic E-state index is 0.0948. The number of benzene rings is 1. The van der Waals surface area contributed by atoms with Gasteiger partial charge >= 0.3 is 0 Å². The second-order valence-corrected chi connectivity index (χ2v) is 7.19. The molecule has 0 saturated carbocycles. The molecule has 2 rings (SSSR count). The van der Waals surface area contributed by atoms with Crippen LogP contribution < -0.4 is 5.32 Å². The molecular weight excluding hydrogens is 312 g/mol. The number of carbonyl (C=O) groups excluding carboxylic acids is 2. The van der Waals surface area contributed by atoms with Gasteiger partial charge in [-0.15, -0.1) is 11.3 Å². The van der Waals surface area contributed by atoms with E-state index in [9.17, 15) is 18.0 Å². The number of anilines is 1. The van der Waals surface area contributed by atoms with E-state index < -0.39 is 15.7 Å². The zero-order chi connectivity index (χ0) is 15.6. The van der Waals surface area contributed by atoms with Crippen LogP contribution in [-0.4, -0.2) is 31.9 Å². The lowest BCUT2D eigenvalue weighted by Gasteiger charge is -2.06. The van der Waals surface area contributed by atoms with E-state index in [1.54, 1.807) is 19.1 Å². The lowest BCUT2D eigenvalue weighted by atomic mass is 10.0. The van der Waals surface area contributed by atoms with Crippen molar-refractivity contribution in [2.75, 3.05) is 11.6 Å². The number of thiazole rings is 1. The molecule has 0 aliphatic carbocycles. The van der Waals surface area contributed by atoms with Gasteiger partial charge in [0.1, 0.15) is 0 Å². The third-order valence-corrected chi connectivity index (χ3v) is 4.65. The fraction of sp³-hybridized carbons (Fsp3) is 0.154. The van der Waals surface area contributed by atoms with E-state index in [-0.39, 0.29) is 15.7 Å². The van der Waals surface area contributed by atoms with Crippen molar-refractivity contribution < 1.29 is 18.0 Å². The van der Waals surface area contributed by atoms with Crippen LogP contribution in [0.25, 0.3) is 0 Å². The van der Waals surface area contributed by atoms with Gasteiger partial charge in [-0.25, -0.2) is 13.4 Å². The number of nitrogens with one attached hydrogen (secondary N) is 1. The molecule has 6 nitrogen and oxygen atoms in total. The minimum Gasteiger partial charge on any atom is -0.298 e. The lowest BCUT2D eigenvalue weighted by molar-refractivity contribution is 0.101. The van der Waals surface area contributed by atoms with E-state index in [1.165, 1.54) is 11.4 Å². The van der Waals surface area contributed by atoms with Crippen LogP contribution in [0, 0.1) is 6.92 Å². The van der Waals surface area contributed by atoms with Crippen LogP contribution in [-0.2, 0) is 9.84 Å². The highest BCUT2D eigenvalue weighted by Gasteiger charge is 2.16. The zero-order valence-corrected chi connectivity index (χ0v) is 12.9. The first-order chi connectivity index (χ1) is 9.82. The maximum atomic E-state index is 12.2. The average molecular weight is 324 g/mol. The standard InChI is InChI=1S/C13H12N2O4S2/c1-8-4-3-5-9(10(8)6-16)12(17)15-13-14-11(7-20-13)21(2,18)19/h3-7H,1-2H3,(H,14,15,17). The second-order valence-electron chi connectivity index (χ2n) is 4.37. The summed E-state index contributed by atoms with van der Waals surface area (Å²) in [5.41, 5.74) is 1.21. The molecule has 0 fully saturated rings. The molecule has 21 heavy (non-hydrogen) atoms. The summed E-state index contributed by atoms with van der Waals surface area (Å²) in [5, 5.41) is 3.92. The summed E-state index contributed by atoms with van der Waals surface area (Å²) in [6.07, 6.45) is 1.66. The number of aldehydes is 1. The Morgan fingerprint density at radius 2 is 2.10 bits per heavy atom. The monoisotopic (exact) mass is 324 g/mol. The molecule has 0 unspecified atom stereocenters. The van der Waals surface area contributed by atoms with Gasteiger partial charge in [0.25, 0.3) is 5.91 Å². The molecule has 1 aromatic heterocycles. The first kappa shape index (κ1) is 15.3. The number of amides is 1. The number of aromatic nitrogens is 1. The van der Waals surface area contributed by atoms with Crippen LogP contribution in [0.1, 0.15) is 26.3 Å². The summed E-state index contributed by atoms with van der Waals surface area (Å²) in [7, 11) is -3.41. The number of hydrogen-bond acceptors (Lipinski definition) is 6. The number of carbonyl (C=O) groups is 2. The molecule has 1 N–H and O–H groups in total. The van der Waals surface area contributed by atoms with Crippen molar-refractivity contribution in [2.24, 2.45) is 0 Å². The summed E-state index contributed by atoms with van der Waals surface area (Å²) in [5.74, 6) is -0.504. The zero-order valence-electron chi connectivity index (χ0n) is 11.3. The number of rotatable bonds is 4. The summed E-state index contributed by atoms with van der Waals surface area (Å²) in [6.45, 7) is 1.73. The first-order valence-corrected chi connectivity index (χ1v) is 8.62. The molecule has 2 aromatic rings. The van der Waals surface area contributed by atoms with Crippen molar-refractivity contribution in [3.8, 4) is 0 Å². The van der Waals surface area contributed by atoms with Crippen LogP contribution in [0.3, 0.4) is 0 Å². The Kier molecular flexibility index (Phi) is 4.19. The molecule has 0 aliphatic rings. The van der Waals surface area contributed by atoms with Crippen LogP contribution in [0.5, 0.6) is 0 Å². The predicted molar refractivity (Wildman–Crippen MR) is 79.7 cm³/mol. The predicted octanol–water partition coefficient (Wildman–Crippen LogP) is 1.92. The van der Waals surface area contributed by atoms with Gasteiger partial charge < -0.3 is 0 Å². The van der Waals surface area contributed by atoms with Crippen molar-refractivity contribution in [1.29, 1.82) is 0 Å². The molecular formula is C13H12N2O4S2. The highest BCUT2D eigenvalue weighted by molar-refractivity contribution is 7.90. The van der Waals surface area contributed by atoms with Crippen molar-refractivity contribution >= 4 is 38.5 Å². The molecule has 1 aromatic carbocycles. The van der Waals surface area contributed by atoms with Crippen LogP contribution >= 0.6 is 11.3 Å². The summed E-state index contributed by atoms with van der Waals surface area (Å²) in [4.78, 5) is 27.1. The third-order valence-electron chi connectivity index (χ3n) is 2.77. The highest BCUT2D eigenvalue weighted by Crippen LogP contribution is 2.20. The van der Waals surface area contributed by atoms with Gasteiger partial charge in [0.15, 0.2) is 26.3 Å². The Balaban J connectivity index is 2.29. The van der Waals surface area contributed by atoms with Gasteiger partial charge in [-0.05, 0) is 18.6 Å². The molecule has 1 heterocycles. The highest BCUT2D eigenvalue weighted by atomic mass is 32.2. The van der Waals surface area contributed by atoms with E-state index >= 15 is 0 Å². The molecule has 0 aliphatic heterocycles. The normalized spacial score (nSPS) is 11.1. The molecule has 0 radical (unpaired) electrons. The lowest BCUT2D eigenvalue weighted by Crippen LogP contribution is -2.15. The number of hydrogen-bond donors (Lipinski definition) is 1. The van der Waals surface area contributed by atoms with Crippen molar-refractivity contribution in [3.05, 3.63) is 40.3 Å². The Labute approximate surface area is 125 Å². The Bertz CT molecular complexity index is 809. The summed E-state index contributed by atoms with van der Waals surface area (Å²) >= 11 is 1.01. The fourth-order valence-corrected chi connectivity index (χ4v) is 3.41. The van der Waals surface area contributed by atoms with Crippen LogP contribution in [0.4, 0.5) is 5.13 Å². The van der Waals surface area contributed by atoms with E-state index in [0.717, 1.165) is 17.6 Å². The largest absolute Gasteiger partial charge is 0.298 e. The molecule has 0 bridgehead atoms. The third kappa shape index (κ3) is 3.34. The van der Waals surface area contributed by atoms with Gasteiger partial charge in [-0.2, -0.15) is 0 Å². The Hall–Kier alpha value is -2.06. The SMILES string of the molecule is Cc1cccc(C(=O)Nc2nc(S(C)(=O)=O)cs2)c1C=O. The van der Waals surface area contributed by atoms with E-state index in [2.05, 4.69) is 10.3 Å². The Morgan fingerprint density at radius 3 is 2.67 bits per heavy atom. The second kappa shape index (κ2) is 5.74. The maximum Gasteiger partial charge on any atom is 0.258 e. The van der Waals surface area contributed by atoms with E-state index in [4.69, 9.17) is 0 Å². The molecule has 110 valence electrons.